The zero-order valence-electron chi connectivity index (χ0n) is 10.2. The van der Waals surface area contributed by atoms with E-state index in [-0.39, 0.29) is 12.1 Å². The molecule has 4 heteroatoms. The molecular weight excluding hydrogens is 220 g/mol. The monoisotopic (exact) mass is 242 g/mol. The van der Waals surface area contributed by atoms with Crippen molar-refractivity contribution in [3.8, 4) is 6.07 Å². The number of aliphatic hydroxyl groups excluding tert-OH is 1. The van der Waals surface area contributed by atoms with Gasteiger partial charge in [0.1, 0.15) is 5.54 Å². The molecule has 1 fully saturated rings. The number of thioether (sulfide) groups is 1. The predicted molar refractivity (Wildman–Crippen MR) is 68.4 cm³/mol. The zero-order chi connectivity index (χ0) is 12.0. The number of nitrogens with one attached hydrogen (secondary N) is 1. The Morgan fingerprint density at radius 2 is 2.31 bits per heavy atom. The minimum Gasteiger partial charge on any atom is -0.396 e. The van der Waals surface area contributed by atoms with Crippen molar-refractivity contribution in [2.75, 3.05) is 18.1 Å². The van der Waals surface area contributed by atoms with Crippen molar-refractivity contribution in [2.24, 2.45) is 5.92 Å². The second kappa shape index (κ2) is 6.48. The Morgan fingerprint density at radius 1 is 1.62 bits per heavy atom. The molecule has 1 rings (SSSR count). The molecule has 0 heterocycles. The van der Waals surface area contributed by atoms with Gasteiger partial charge in [0.05, 0.1) is 6.07 Å². The third kappa shape index (κ3) is 5.20. The fraction of sp³-hybridized carbons (Fsp3) is 0.917. The first-order valence-corrected chi connectivity index (χ1v) is 7.12. The topological polar surface area (TPSA) is 56.0 Å². The Bertz CT molecular complexity index is 250. The molecule has 1 saturated carbocycles. The summed E-state index contributed by atoms with van der Waals surface area (Å²) in [4.78, 5) is 0. The highest BCUT2D eigenvalue weighted by molar-refractivity contribution is 7.99. The lowest BCUT2D eigenvalue weighted by Gasteiger charge is -2.23. The van der Waals surface area contributed by atoms with Crippen LogP contribution in [0.3, 0.4) is 0 Å². The molecule has 3 nitrogen and oxygen atoms in total. The average molecular weight is 242 g/mol. The number of hydrogen-bond acceptors (Lipinski definition) is 4. The summed E-state index contributed by atoms with van der Waals surface area (Å²) in [6.07, 6.45) is 3.31. The molecule has 0 aromatic rings. The number of aliphatic hydroxyl groups is 1. The summed E-state index contributed by atoms with van der Waals surface area (Å²) in [5, 5.41) is 21.4. The van der Waals surface area contributed by atoms with Crippen LogP contribution in [0, 0.1) is 17.2 Å². The molecule has 2 N–H and O–H groups in total. The maximum absolute atomic E-state index is 9.15. The van der Waals surface area contributed by atoms with E-state index in [1.807, 2.05) is 25.6 Å². The van der Waals surface area contributed by atoms with Gasteiger partial charge in [-0.1, -0.05) is 6.92 Å². The van der Waals surface area contributed by atoms with E-state index in [0.717, 1.165) is 17.9 Å². The summed E-state index contributed by atoms with van der Waals surface area (Å²) >= 11 is 1.82. The largest absolute Gasteiger partial charge is 0.396 e. The summed E-state index contributed by atoms with van der Waals surface area (Å²) in [6, 6.07) is 2.95. The summed E-state index contributed by atoms with van der Waals surface area (Å²) < 4.78 is 0. The van der Waals surface area contributed by atoms with Crippen molar-refractivity contribution in [2.45, 2.75) is 44.7 Å². The number of nitrogens with zero attached hydrogens (tertiary/aromatic N) is 1. The van der Waals surface area contributed by atoms with Gasteiger partial charge in [-0.15, -0.1) is 0 Å². The van der Waals surface area contributed by atoms with Crippen LogP contribution >= 0.6 is 11.8 Å². The average Bonchev–Trinajstić information content (AvgIpc) is 3.08. The first-order valence-electron chi connectivity index (χ1n) is 5.97. The van der Waals surface area contributed by atoms with Gasteiger partial charge in [0.15, 0.2) is 0 Å². The second-order valence-corrected chi connectivity index (χ2v) is 6.13. The van der Waals surface area contributed by atoms with Gasteiger partial charge >= 0.3 is 0 Å². The maximum Gasteiger partial charge on any atom is 0.104 e. The van der Waals surface area contributed by atoms with Crippen LogP contribution in [-0.4, -0.2) is 34.8 Å². The van der Waals surface area contributed by atoms with Crippen molar-refractivity contribution in [1.82, 2.24) is 5.32 Å². The van der Waals surface area contributed by atoms with Crippen LogP contribution in [-0.2, 0) is 0 Å². The second-order valence-electron chi connectivity index (χ2n) is 4.98. The van der Waals surface area contributed by atoms with Crippen LogP contribution in [0.4, 0.5) is 0 Å². The molecule has 0 aliphatic heterocycles. The van der Waals surface area contributed by atoms with Gasteiger partial charge in [-0.3, -0.25) is 5.32 Å². The van der Waals surface area contributed by atoms with Crippen molar-refractivity contribution >= 4 is 11.8 Å². The van der Waals surface area contributed by atoms with Gasteiger partial charge in [-0.25, -0.2) is 0 Å². The van der Waals surface area contributed by atoms with Gasteiger partial charge in [0.25, 0.3) is 0 Å². The van der Waals surface area contributed by atoms with Crippen LogP contribution in [0.25, 0.3) is 0 Å². The lowest BCUT2D eigenvalue weighted by atomic mass is 10.0. The lowest BCUT2D eigenvalue weighted by Crippen LogP contribution is -2.42. The Balaban J connectivity index is 2.15. The number of rotatable bonds is 8. The molecule has 92 valence electrons. The molecule has 2 unspecified atom stereocenters. The molecule has 0 aromatic carbocycles. The van der Waals surface area contributed by atoms with E-state index in [1.165, 1.54) is 12.8 Å². The van der Waals surface area contributed by atoms with E-state index >= 15 is 0 Å². The van der Waals surface area contributed by atoms with Crippen molar-refractivity contribution in [1.29, 1.82) is 5.26 Å². The Kier molecular flexibility index (Phi) is 5.60. The Morgan fingerprint density at radius 3 is 2.81 bits per heavy atom. The molecule has 0 radical (unpaired) electrons. The zero-order valence-corrected chi connectivity index (χ0v) is 11.0. The van der Waals surface area contributed by atoms with Crippen molar-refractivity contribution in [3.05, 3.63) is 0 Å². The van der Waals surface area contributed by atoms with Gasteiger partial charge < -0.3 is 5.11 Å². The molecule has 1 aliphatic rings. The Hall–Kier alpha value is -0.240. The number of hydrogen-bond donors (Lipinski definition) is 2. The van der Waals surface area contributed by atoms with Crippen LogP contribution < -0.4 is 5.32 Å². The van der Waals surface area contributed by atoms with Crippen LogP contribution in [0.5, 0.6) is 0 Å². The molecular formula is C12H22N2OS. The quantitative estimate of drug-likeness (QED) is 0.637. The van der Waals surface area contributed by atoms with E-state index < -0.39 is 0 Å². The first-order chi connectivity index (χ1) is 7.59. The fourth-order valence-electron chi connectivity index (χ4n) is 1.45. The summed E-state index contributed by atoms with van der Waals surface area (Å²) in [5.41, 5.74) is -0.364. The van der Waals surface area contributed by atoms with E-state index in [2.05, 4.69) is 11.4 Å². The molecule has 0 spiro atoms. The highest BCUT2D eigenvalue weighted by Gasteiger charge is 2.31. The van der Waals surface area contributed by atoms with E-state index in [4.69, 9.17) is 10.4 Å². The normalized spacial score (nSPS) is 21.1. The van der Waals surface area contributed by atoms with Crippen LogP contribution in [0.15, 0.2) is 0 Å². The van der Waals surface area contributed by atoms with Gasteiger partial charge in [0.2, 0.25) is 0 Å². The van der Waals surface area contributed by atoms with Gasteiger partial charge in [0, 0.05) is 12.6 Å². The first kappa shape index (κ1) is 13.8. The molecule has 0 saturated heterocycles. The van der Waals surface area contributed by atoms with Crippen molar-refractivity contribution < 1.29 is 5.11 Å². The lowest BCUT2D eigenvalue weighted by molar-refractivity contribution is 0.250. The third-order valence-electron chi connectivity index (χ3n) is 2.81. The van der Waals surface area contributed by atoms with Crippen LogP contribution in [0.2, 0.25) is 0 Å². The van der Waals surface area contributed by atoms with Gasteiger partial charge in [-0.2, -0.15) is 17.0 Å². The summed E-state index contributed by atoms with van der Waals surface area (Å²) in [7, 11) is 0. The maximum atomic E-state index is 9.15. The predicted octanol–water partition coefficient (Wildman–Crippen LogP) is 1.77. The van der Waals surface area contributed by atoms with E-state index in [0.29, 0.717) is 12.0 Å². The summed E-state index contributed by atoms with van der Waals surface area (Å²) in [5.74, 6) is 2.31. The standard InChI is InChI=1S/C12H22N2OS/c1-10(7-15)8-16-6-5-12(2,9-13)14-11-3-4-11/h10-11,14-15H,3-8H2,1-2H3. The fourth-order valence-corrected chi connectivity index (χ4v) is 2.68. The molecule has 2 atom stereocenters. The minimum atomic E-state index is -0.364. The van der Waals surface area contributed by atoms with Crippen molar-refractivity contribution in [3.63, 3.8) is 0 Å². The summed E-state index contributed by atoms with van der Waals surface area (Å²) in [6.45, 7) is 4.28. The third-order valence-corrected chi connectivity index (χ3v) is 4.10. The minimum absolute atomic E-state index is 0.253. The highest BCUT2D eigenvalue weighted by Crippen LogP contribution is 2.24. The Labute approximate surface area is 103 Å². The van der Waals surface area contributed by atoms with E-state index in [1.54, 1.807) is 0 Å². The highest BCUT2D eigenvalue weighted by atomic mass is 32.2. The molecule has 0 bridgehead atoms. The molecule has 1 aliphatic carbocycles. The number of nitriles is 1. The molecule has 0 amide bonds. The smallest absolute Gasteiger partial charge is 0.104 e. The molecule has 16 heavy (non-hydrogen) atoms. The SMILES string of the molecule is CC(CO)CSCCC(C)(C#N)NC1CC1. The molecule has 0 aromatic heterocycles. The van der Waals surface area contributed by atoms with Crippen LogP contribution in [0.1, 0.15) is 33.1 Å². The van der Waals surface area contributed by atoms with Gasteiger partial charge in [-0.05, 0) is 43.6 Å². The van der Waals surface area contributed by atoms with E-state index in [9.17, 15) is 0 Å².